The Morgan fingerprint density at radius 3 is 2.32 bits per heavy atom. The molecule has 28 heavy (non-hydrogen) atoms. The molecular formula is C28H32. The van der Waals surface area contributed by atoms with E-state index in [1.54, 1.807) is 0 Å². The molecule has 0 aromatic heterocycles. The molecule has 0 saturated carbocycles. The van der Waals surface area contributed by atoms with Gasteiger partial charge in [-0.05, 0) is 54.0 Å². The van der Waals surface area contributed by atoms with Crippen LogP contribution in [-0.2, 0) is 6.42 Å². The van der Waals surface area contributed by atoms with Gasteiger partial charge in [-0.15, -0.1) is 0 Å². The summed E-state index contributed by atoms with van der Waals surface area (Å²) >= 11 is 0. The number of hydrogen-bond acceptors (Lipinski definition) is 0. The second-order valence-corrected chi connectivity index (χ2v) is 7.95. The summed E-state index contributed by atoms with van der Waals surface area (Å²) < 4.78 is 0. The van der Waals surface area contributed by atoms with Gasteiger partial charge >= 0.3 is 0 Å². The number of hydrogen-bond donors (Lipinski definition) is 0. The Hall–Kier alpha value is -2.52. The molecule has 2 atom stereocenters. The molecule has 0 spiro atoms. The van der Waals surface area contributed by atoms with Crippen LogP contribution in [0, 0.1) is 23.2 Å². The van der Waals surface area contributed by atoms with E-state index >= 15 is 0 Å². The van der Waals surface area contributed by atoms with E-state index in [9.17, 15) is 0 Å². The molecule has 3 rings (SSSR count). The first kappa shape index (κ1) is 20.2. The van der Waals surface area contributed by atoms with Gasteiger partial charge in [0, 0.05) is 5.56 Å². The van der Waals surface area contributed by atoms with Crippen molar-refractivity contribution in [2.24, 2.45) is 11.3 Å². The van der Waals surface area contributed by atoms with Crippen molar-refractivity contribution in [2.75, 3.05) is 0 Å². The smallest absolute Gasteiger partial charge is 0.0560 e. The van der Waals surface area contributed by atoms with Crippen molar-refractivity contribution in [3.05, 3.63) is 89.5 Å². The highest BCUT2D eigenvalue weighted by Gasteiger charge is 2.32. The molecule has 0 nitrogen and oxygen atoms in total. The van der Waals surface area contributed by atoms with Gasteiger partial charge in [-0.1, -0.05) is 106 Å². The average molecular weight is 369 g/mol. The van der Waals surface area contributed by atoms with Gasteiger partial charge in [0.1, 0.15) is 0 Å². The maximum Gasteiger partial charge on any atom is 0.0560 e. The normalized spacial score (nSPS) is 21.0. The minimum absolute atomic E-state index is 0.0755. The number of unbranched alkanes of at least 4 members (excludes halogenated alkanes) is 1. The zero-order chi connectivity index (χ0) is 19.8. The highest BCUT2D eigenvalue weighted by molar-refractivity contribution is 5.76. The third-order valence-corrected chi connectivity index (χ3v) is 5.79. The SMILES string of the molecule is CCCCc1ccc(C#CC2(CCC)C=CC(c3ccccc3)=CC2C)cc1. The molecule has 1 aliphatic rings. The van der Waals surface area contributed by atoms with Crippen molar-refractivity contribution in [1.82, 2.24) is 0 Å². The van der Waals surface area contributed by atoms with Crippen LogP contribution < -0.4 is 0 Å². The second-order valence-electron chi connectivity index (χ2n) is 7.95. The fraction of sp³-hybridized carbons (Fsp3) is 0.357. The van der Waals surface area contributed by atoms with Gasteiger partial charge in [0.25, 0.3) is 0 Å². The molecule has 0 radical (unpaired) electrons. The van der Waals surface area contributed by atoms with Crippen LogP contribution in [-0.4, -0.2) is 0 Å². The Labute approximate surface area is 171 Å². The molecule has 0 aliphatic heterocycles. The summed E-state index contributed by atoms with van der Waals surface area (Å²) in [7, 11) is 0. The van der Waals surface area contributed by atoms with Crippen molar-refractivity contribution in [2.45, 2.75) is 52.9 Å². The molecule has 0 fully saturated rings. The van der Waals surface area contributed by atoms with Crippen LogP contribution in [0.2, 0.25) is 0 Å². The highest BCUT2D eigenvalue weighted by Crippen LogP contribution is 2.41. The Morgan fingerprint density at radius 2 is 1.68 bits per heavy atom. The fourth-order valence-corrected chi connectivity index (χ4v) is 3.95. The standard InChI is InChI=1S/C28H32/c1-4-6-10-24-13-15-25(16-14-24)17-20-28(19-5-2)21-18-27(22-23(28)3)26-11-8-7-9-12-26/h7-9,11-16,18,21-23H,4-6,10,19H2,1-3H3. The first-order chi connectivity index (χ1) is 13.7. The highest BCUT2D eigenvalue weighted by atomic mass is 14.3. The first-order valence-corrected chi connectivity index (χ1v) is 10.8. The predicted molar refractivity (Wildman–Crippen MR) is 122 cm³/mol. The molecule has 0 amide bonds. The first-order valence-electron chi connectivity index (χ1n) is 10.8. The second kappa shape index (κ2) is 9.61. The van der Waals surface area contributed by atoms with E-state index in [-0.39, 0.29) is 5.41 Å². The summed E-state index contributed by atoms with van der Waals surface area (Å²) in [4.78, 5) is 0. The molecule has 0 N–H and O–H groups in total. The molecule has 1 aliphatic carbocycles. The van der Waals surface area contributed by atoms with E-state index in [1.165, 1.54) is 29.5 Å². The van der Waals surface area contributed by atoms with E-state index in [4.69, 9.17) is 0 Å². The molecule has 0 heteroatoms. The molecule has 2 aromatic carbocycles. The summed E-state index contributed by atoms with van der Waals surface area (Å²) in [5.74, 6) is 7.53. The molecule has 0 saturated heterocycles. The van der Waals surface area contributed by atoms with E-state index in [0.29, 0.717) is 5.92 Å². The maximum absolute atomic E-state index is 3.66. The summed E-state index contributed by atoms with van der Waals surface area (Å²) in [6.07, 6.45) is 12.9. The summed E-state index contributed by atoms with van der Waals surface area (Å²) in [5, 5.41) is 0. The van der Waals surface area contributed by atoms with Gasteiger partial charge in [-0.2, -0.15) is 0 Å². The van der Waals surface area contributed by atoms with Crippen LogP contribution >= 0.6 is 0 Å². The van der Waals surface area contributed by atoms with Crippen molar-refractivity contribution < 1.29 is 0 Å². The van der Waals surface area contributed by atoms with Crippen LogP contribution in [0.3, 0.4) is 0 Å². The molecular weight excluding hydrogens is 336 g/mol. The van der Waals surface area contributed by atoms with Crippen LogP contribution in [0.15, 0.2) is 72.8 Å². The van der Waals surface area contributed by atoms with Crippen LogP contribution in [0.25, 0.3) is 5.57 Å². The quantitative estimate of drug-likeness (QED) is 0.464. The largest absolute Gasteiger partial charge is 0.0863 e. The zero-order valence-corrected chi connectivity index (χ0v) is 17.5. The van der Waals surface area contributed by atoms with Crippen molar-refractivity contribution in [3.63, 3.8) is 0 Å². The summed E-state index contributed by atoms with van der Waals surface area (Å²) in [6.45, 7) is 6.80. The molecule has 2 aromatic rings. The van der Waals surface area contributed by atoms with Gasteiger partial charge in [0.15, 0.2) is 0 Å². The summed E-state index contributed by atoms with van der Waals surface area (Å²) in [5.41, 5.74) is 5.05. The fourth-order valence-electron chi connectivity index (χ4n) is 3.95. The predicted octanol–water partition coefficient (Wildman–Crippen LogP) is 7.46. The lowest BCUT2D eigenvalue weighted by molar-refractivity contribution is 0.363. The van der Waals surface area contributed by atoms with Crippen LogP contribution in [0.5, 0.6) is 0 Å². The van der Waals surface area contributed by atoms with Crippen molar-refractivity contribution in [1.29, 1.82) is 0 Å². The maximum atomic E-state index is 3.66. The number of allylic oxidation sites excluding steroid dienone is 4. The molecule has 0 bridgehead atoms. The lowest BCUT2D eigenvalue weighted by atomic mass is 9.69. The Balaban J connectivity index is 1.82. The topological polar surface area (TPSA) is 0 Å². The minimum Gasteiger partial charge on any atom is -0.0863 e. The van der Waals surface area contributed by atoms with Gasteiger partial charge < -0.3 is 0 Å². The van der Waals surface area contributed by atoms with E-state index in [0.717, 1.165) is 24.8 Å². The van der Waals surface area contributed by atoms with Crippen LogP contribution in [0.4, 0.5) is 0 Å². The number of aryl methyl sites for hydroxylation is 1. The van der Waals surface area contributed by atoms with E-state index in [2.05, 4.69) is 105 Å². The minimum atomic E-state index is -0.0755. The Morgan fingerprint density at radius 1 is 0.929 bits per heavy atom. The third kappa shape index (κ3) is 4.85. The van der Waals surface area contributed by atoms with E-state index < -0.39 is 0 Å². The third-order valence-electron chi connectivity index (χ3n) is 5.79. The average Bonchev–Trinajstić information content (AvgIpc) is 2.74. The lowest BCUT2D eigenvalue weighted by Gasteiger charge is -2.33. The molecule has 2 unspecified atom stereocenters. The monoisotopic (exact) mass is 368 g/mol. The van der Waals surface area contributed by atoms with E-state index in [1.807, 2.05) is 0 Å². The van der Waals surface area contributed by atoms with Gasteiger partial charge in [-0.3, -0.25) is 0 Å². The molecule has 144 valence electrons. The van der Waals surface area contributed by atoms with Gasteiger partial charge in [-0.25, -0.2) is 0 Å². The zero-order valence-electron chi connectivity index (χ0n) is 17.5. The van der Waals surface area contributed by atoms with Gasteiger partial charge in [0.2, 0.25) is 0 Å². The summed E-state index contributed by atoms with van der Waals surface area (Å²) in [6, 6.07) is 19.5. The number of rotatable bonds is 6. The Bertz CT molecular complexity index is 871. The van der Waals surface area contributed by atoms with Crippen molar-refractivity contribution in [3.8, 4) is 11.8 Å². The number of benzene rings is 2. The van der Waals surface area contributed by atoms with Gasteiger partial charge in [0.05, 0.1) is 5.41 Å². The Kier molecular flexibility index (Phi) is 6.94. The van der Waals surface area contributed by atoms with Crippen LogP contribution in [0.1, 0.15) is 63.1 Å². The van der Waals surface area contributed by atoms with Crippen molar-refractivity contribution >= 4 is 5.57 Å². The lowest BCUT2D eigenvalue weighted by Crippen LogP contribution is -2.26. The molecule has 0 heterocycles.